The maximum Gasteiger partial charge on any atom is 0.228 e. The van der Waals surface area contributed by atoms with Crippen LogP contribution in [0.15, 0.2) is 48.5 Å². The number of methoxy groups -OCH3 is 1. The third kappa shape index (κ3) is 5.97. The number of ether oxygens (including phenoxy) is 1. The summed E-state index contributed by atoms with van der Waals surface area (Å²) in [6.07, 6.45) is 2.57. The van der Waals surface area contributed by atoms with Crippen LogP contribution in [-0.2, 0) is 21.2 Å². The van der Waals surface area contributed by atoms with Gasteiger partial charge in [0, 0.05) is 18.1 Å². The average Bonchev–Trinajstić information content (AvgIpc) is 2.74. The highest BCUT2D eigenvalue weighted by atomic mass is 35.5. The van der Waals surface area contributed by atoms with E-state index in [1.807, 2.05) is 30.3 Å². The van der Waals surface area contributed by atoms with Gasteiger partial charge in [-0.3, -0.25) is 4.79 Å². The number of carbonyl (C=O) groups is 1. The van der Waals surface area contributed by atoms with Crippen molar-refractivity contribution >= 4 is 33.2 Å². The number of hydrogen-bond donors (Lipinski definition) is 1. The number of benzene rings is 2. The van der Waals surface area contributed by atoms with E-state index in [-0.39, 0.29) is 18.2 Å². The number of sulfonamides is 1. The van der Waals surface area contributed by atoms with Gasteiger partial charge >= 0.3 is 0 Å². The van der Waals surface area contributed by atoms with Crippen molar-refractivity contribution in [3.05, 3.63) is 59.1 Å². The molecule has 3 rings (SSSR count). The minimum absolute atomic E-state index is 0.0817. The number of rotatable bonds is 8. The molecule has 0 bridgehead atoms. The predicted molar refractivity (Wildman–Crippen MR) is 119 cm³/mol. The summed E-state index contributed by atoms with van der Waals surface area (Å²) in [7, 11) is -1.89. The van der Waals surface area contributed by atoms with E-state index in [9.17, 15) is 13.2 Å². The minimum Gasteiger partial charge on any atom is -0.495 e. The molecule has 1 N–H and O–H groups in total. The topological polar surface area (TPSA) is 75.7 Å². The monoisotopic (exact) mass is 450 g/mol. The van der Waals surface area contributed by atoms with E-state index in [4.69, 9.17) is 16.3 Å². The summed E-state index contributed by atoms with van der Waals surface area (Å²) in [6, 6.07) is 14.8. The summed E-state index contributed by atoms with van der Waals surface area (Å²) < 4.78 is 32.3. The Bertz CT molecular complexity index is 966. The molecule has 1 heterocycles. The lowest BCUT2D eigenvalue weighted by Gasteiger charge is -2.31. The van der Waals surface area contributed by atoms with Gasteiger partial charge in [0.15, 0.2) is 0 Å². The number of carbonyl (C=O) groups excluding carboxylic acids is 1. The Hall–Kier alpha value is -2.09. The Labute approximate surface area is 183 Å². The fourth-order valence-electron chi connectivity index (χ4n) is 3.65. The number of piperidine rings is 1. The Balaban J connectivity index is 1.58. The van der Waals surface area contributed by atoms with Crippen LogP contribution in [0.4, 0.5) is 5.69 Å². The van der Waals surface area contributed by atoms with Gasteiger partial charge in [-0.05, 0) is 49.4 Å². The molecule has 0 aromatic heterocycles. The van der Waals surface area contributed by atoms with Crippen LogP contribution >= 0.6 is 11.6 Å². The largest absolute Gasteiger partial charge is 0.495 e. The molecule has 0 spiro atoms. The minimum atomic E-state index is -3.40. The first kappa shape index (κ1) is 22.6. The zero-order valence-electron chi connectivity index (χ0n) is 17.0. The average molecular weight is 451 g/mol. The molecule has 1 aliphatic heterocycles. The Morgan fingerprint density at radius 1 is 1.23 bits per heavy atom. The summed E-state index contributed by atoms with van der Waals surface area (Å²) in [4.78, 5) is 12.8. The number of anilines is 1. The van der Waals surface area contributed by atoms with Crippen molar-refractivity contribution in [3.8, 4) is 5.75 Å². The first-order valence-electron chi connectivity index (χ1n) is 10.0. The number of halogens is 1. The highest BCUT2D eigenvalue weighted by molar-refractivity contribution is 7.89. The Kier molecular flexibility index (Phi) is 7.75. The molecule has 0 aliphatic carbocycles. The van der Waals surface area contributed by atoms with E-state index in [0.717, 1.165) is 5.56 Å². The first-order valence-corrected chi connectivity index (χ1v) is 12.0. The highest BCUT2D eigenvalue weighted by Crippen LogP contribution is 2.29. The summed E-state index contributed by atoms with van der Waals surface area (Å²) in [6.45, 7) is 0.653. The number of nitrogens with zero attached hydrogens (tertiary/aromatic N) is 1. The molecule has 1 atom stereocenters. The number of nitrogens with one attached hydrogen (secondary N) is 1. The van der Waals surface area contributed by atoms with E-state index >= 15 is 0 Å². The molecule has 162 valence electrons. The van der Waals surface area contributed by atoms with Crippen LogP contribution in [0.1, 0.15) is 24.8 Å². The van der Waals surface area contributed by atoms with Gasteiger partial charge in [0.25, 0.3) is 0 Å². The molecule has 1 amide bonds. The Morgan fingerprint density at radius 2 is 2.00 bits per heavy atom. The van der Waals surface area contributed by atoms with Crippen molar-refractivity contribution in [2.24, 2.45) is 5.92 Å². The highest BCUT2D eigenvalue weighted by Gasteiger charge is 2.32. The van der Waals surface area contributed by atoms with E-state index in [1.54, 1.807) is 18.2 Å². The second-order valence-corrected chi connectivity index (χ2v) is 9.96. The lowest BCUT2D eigenvalue weighted by Crippen LogP contribution is -2.44. The van der Waals surface area contributed by atoms with Crippen LogP contribution in [0.25, 0.3) is 0 Å². The molecule has 1 fully saturated rings. The van der Waals surface area contributed by atoms with E-state index < -0.39 is 15.9 Å². The van der Waals surface area contributed by atoms with Gasteiger partial charge in [0.2, 0.25) is 15.9 Å². The van der Waals surface area contributed by atoms with E-state index in [0.29, 0.717) is 48.7 Å². The summed E-state index contributed by atoms with van der Waals surface area (Å²) >= 11 is 6.02. The molecule has 8 heteroatoms. The van der Waals surface area contributed by atoms with E-state index in [1.165, 1.54) is 11.4 Å². The predicted octanol–water partition coefficient (Wildman–Crippen LogP) is 3.96. The van der Waals surface area contributed by atoms with Gasteiger partial charge in [-0.2, -0.15) is 0 Å². The normalized spacial score (nSPS) is 17.5. The molecule has 2 aromatic carbocycles. The van der Waals surface area contributed by atoms with Crippen molar-refractivity contribution in [1.82, 2.24) is 4.31 Å². The number of aryl methyl sites for hydroxylation is 1. The lowest BCUT2D eigenvalue weighted by molar-refractivity contribution is -0.120. The molecule has 1 unspecified atom stereocenters. The molecule has 0 radical (unpaired) electrons. The summed E-state index contributed by atoms with van der Waals surface area (Å²) in [5.74, 6) is -0.0433. The molecule has 6 nitrogen and oxygen atoms in total. The SMILES string of the molecule is COc1ccc(Cl)cc1NC(=O)C1CCCN(S(=O)(=O)CCCc2ccccc2)C1. The third-order valence-electron chi connectivity index (χ3n) is 5.28. The van der Waals surface area contributed by atoms with Gasteiger partial charge in [0.1, 0.15) is 5.75 Å². The molecule has 0 saturated carbocycles. The van der Waals surface area contributed by atoms with Crippen LogP contribution in [0, 0.1) is 5.92 Å². The van der Waals surface area contributed by atoms with Crippen LogP contribution < -0.4 is 10.1 Å². The lowest BCUT2D eigenvalue weighted by atomic mass is 9.98. The number of hydrogen-bond acceptors (Lipinski definition) is 4. The molecule has 30 heavy (non-hydrogen) atoms. The smallest absolute Gasteiger partial charge is 0.228 e. The quantitative estimate of drug-likeness (QED) is 0.660. The van der Waals surface area contributed by atoms with E-state index in [2.05, 4.69) is 5.32 Å². The molecule has 1 saturated heterocycles. The van der Waals surface area contributed by atoms with Crippen LogP contribution in [0.3, 0.4) is 0 Å². The van der Waals surface area contributed by atoms with Gasteiger partial charge in [-0.15, -0.1) is 0 Å². The molecular formula is C22H27ClN2O4S. The number of amides is 1. The first-order chi connectivity index (χ1) is 14.4. The maximum atomic E-state index is 12.8. The van der Waals surface area contributed by atoms with Crippen molar-refractivity contribution in [2.75, 3.05) is 31.3 Å². The van der Waals surface area contributed by atoms with Gasteiger partial charge in [-0.25, -0.2) is 12.7 Å². The standard InChI is InChI=1S/C22H27ClN2O4S/c1-29-21-12-11-19(23)15-20(21)24-22(26)18-10-5-13-25(16-18)30(27,28)14-6-9-17-7-3-2-4-8-17/h2-4,7-8,11-12,15,18H,5-6,9-10,13-14,16H2,1H3,(H,24,26). The fraction of sp³-hybridized carbons (Fsp3) is 0.409. The van der Waals surface area contributed by atoms with Crippen molar-refractivity contribution < 1.29 is 17.9 Å². The van der Waals surface area contributed by atoms with Crippen LogP contribution in [0.2, 0.25) is 5.02 Å². The fourth-order valence-corrected chi connectivity index (χ4v) is 5.41. The zero-order valence-corrected chi connectivity index (χ0v) is 18.6. The third-order valence-corrected chi connectivity index (χ3v) is 7.44. The van der Waals surface area contributed by atoms with Crippen molar-refractivity contribution in [1.29, 1.82) is 0 Å². The van der Waals surface area contributed by atoms with Crippen LogP contribution in [0.5, 0.6) is 5.75 Å². The van der Waals surface area contributed by atoms with Gasteiger partial charge in [0.05, 0.1) is 24.5 Å². The van der Waals surface area contributed by atoms with Crippen molar-refractivity contribution in [2.45, 2.75) is 25.7 Å². The second kappa shape index (κ2) is 10.3. The maximum absolute atomic E-state index is 12.8. The Morgan fingerprint density at radius 3 is 2.73 bits per heavy atom. The van der Waals surface area contributed by atoms with Gasteiger partial charge < -0.3 is 10.1 Å². The molecular weight excluding hydrogens is 424 g/mol. The van der Waals surface area contributed by atoms with Crippen LogP contribution in [-0.4, -0.2) is 44.6 Å². The zero-order chi connectivity index (χ0) is 21.6. The second-order valence-electron chi connectivity index (χ2n) is 7.44. The molecule has 1 aliphatic rings. The van der Waals surface area contributed by atoms with Crippen molar-refractivity contribution in [3.63, 3.8) is 0 Å². The summed E-state index contributed by atoms with van der Waals surface area (Å²) in [5, 5.41) is 3.32. The van der Waals surface area contributed by atoms with Gasteiger partial charge in [-0.1, -0.05) is 41.9 Å². The summed E-state index contributed by atoms with van der Waals surface area (Å²) in [5.41, 5.74) is 1.61. The molecule has 2 aromatic rings.